The molecule has 106 valence electrons. The lowest BCUT2D eigenvalue weighted by atomic mass is 9.44. The third-order valence-corrected chi connectivity index (χ3v) is 5.56. The van der Waals surface area contributed by atoms with Crippen LogP contribution >= 0.6 is 0 Å². The number of rotatable bonds is 5. The third-order valence-electron chi connectivity index (χ3n) is 5.56. The van der Waals surface area contributed by atoms with Crippen LogP contribution in [0.5, 0.6) is 0 Å². The van der Waals surface area contributed by atoms with E-state index in [9.17, 15) is 0 Å². The Bertz CT molecular complexity index is 391. The first-order valence-electron chi connectivity index (χ1n) is 7.84. The van der Waals surface area contributed by atoms with Gasteiger partial charge in [-0.15, -0.1) is 0 Å². The molecule has 0 heterocycles. The van der Waals surface area contributed by atoms with E-state index in [1.54, 1.807) is 0 Å². The molecule has 1 fully saturated rings. The highest BCUT2D eigenvalue weighted by Gasteiger charge is 2.59. The molecular weight excluding hydrogens is 230 g/mol. The van der Waals surface area contributed by atoms with E-state index in [0.717, 1.165) is 11.8 Å². The fraction of sp³-hybridized carbons (Fsp3) is 0.667. The maximum Gasteiger partial charge on any atom is 0.0163 e. The van der Waals surface area contributed by atoms with E-state index >= 15 is 0 Å². The van der Waals surface area contributed by atoms with Crippen molar-refractivity contribution in [2.24, 2.45) is 17.3 Å². The Labute approximate surface area is 118 Å². The van der Waals surface area contributed by atoms with Crippen molar-refractivity contribution in [3.8, 4) is 0 Å². The van der Waals surface area contributed by atoms with Crippen LogP contribution in [0.1, 0.15) is 52.0 Å². The normalized spacial score (nSPS) is 29.3. The van der Waals surface area contributed by atoms with Crippen molar-refractivity contribution < 1.29 is 0 Å². The lowest BCUT2D eigenvalue weighted by Crippen LogP contribution is -2.65. The van der Waals surface area contributed by atoms with Gasteiger partial charge in [0.25, 0.3) is 0 Å². The molecule has 1 aromatic carbocycles. The van der Waals surface area contributed by atoms with Gasteiger partial charge in [0.15, 0.2) is 0 Å². The Balaban J connectivity index is 2.41. The maximum absolute atomic E-state index is 3.63. The molecule has 1 aromatic rings. The maximum atomic E-state index is 3.63. The smallest absolute Gasteiger partial charge is 0.0163 e. The molecule has 19 heavy (non-hydrogen) atoms. The molecule has 3 atom stereocenters. The van der Waals surface area contributed by atoms with Gasteiger partial charge >= 0.3 is 0 Å². The highest BCUT2D eigenvalue weighted by Crippen LogP contribution is 2.62. The summed E-state index contributed by atoms with van der Waals surface area (Å²) in [7, 11) is 2.14. The second kappa shape index (κ2) is 5.66. The molecule has 3 unspecified atom stereocenters. The van der Waals surface area contributed by atoms with Crippen LogP contribution < -0.4 is 5.32 Å². The molecule has 1 N–H and O–H groups in total. The summed E-state index contributed by atoms with van der Waals surface area (Å²) in [6.07, 6.45) is 2.52. The van der Waals surface area contributed by atoms with Gasteiger partial charge in [0.2, 0.25) is 0 Å². The first-order chi connectivity index (χ1) is 9.12. The van der Waals surface area contributed by atoms with Crippen LogP contribution in [0.25, 0.3) is 0 Å². The standard InChI is InChI=1S/C18H29N/c1-6-18(7-2)16(14-11-9-8-10-12-14)15(13(3)4)17(18)19-5/h8-13,15-17,19H,6-7H2,1-5H3. The van der Waals surface area contributed by atoms with Crippen molar-refractivity contribution in [3.63, 3.8) is 0 Å². The Morgan fingerprint density at radius 3 is 2.11 bits per heavy atom. The number of nitrogens with one attached hydrogen (secondary N) is 1. The van der Waals surface area contributed by atoms with E-state index in [4.69, 9.17) is 0 Å². The summed E-state index contributed by atoms with van der Waals surface area (Å²) in [4.78, 5) is 0. The first-order valence-corrected chi connectivity index (χ1v) is 7.84. The van der Waals surface area contributed by atoms with Crippen LogP contribution in [0.15, 0.2) is 30.3 Å². The third kappa shape index (κ3) is 2.12. The summed E-state index contributed by atoms with van der Waals surface area (Å²) in [5.41, 5.74) is 1.97. The SMILES string of the molecule is CCC1(CC)C(NC)C(C(C)C)C1c1ccccc1. The Morgan fingerprint density at radius 1 is 1.11 bits per heavy atom. The van der Waals surface area contributed by atoms with E-state index < -0.39 is 0 Å². The van der Waals surface area contributed by atoms with E-state index in [0.29, 0.717) is 17.4 Å². The zero-order valence-electron chi connectivity index (χ0n) is 13.1. The van der Waals surface area contributed by atoms with Crippen LogP contribution in [-0.2, 0) is 0 Å². The fourth-order valence-corrected chi connectivity index (χ4v) is 4.63. The largest absolute Gasteiger partial charge is 0.316 e. The predicted octanol–water partition coefficient (Wildman–Crippen LogP) is 4.45. The minimum absolute atomic E-state index is 0.436. The molecule has 0 amide bonds. The molecule has 0 radical (unpaired) electrons. The van der Waals surface area contributed by atoms with Crippen LogP contribution in [0.2, 0.25) is 0 Å². The monoisotopic (exact) mass is 259 g/mol. The van der Waals surface area contributed by atoms with Gasteiger partial charge < -0.3 is 5.32 Å². The summed E-state index contributed by atoms with van der Waals surface area (Å²) in [6.45, 7) is 9.47. The summed E-state index contributed by atoms with van der Waals surface area (Å²) >= 11 is 0. The highest BCUT2D eigenvalue weighted by atomic mass is 15.0. The molecular formula is C18H29N. The molecule has 0 aliphatic heterocycles. The summed E-state index contributed by atoms with van der Waals surface area (Å²) in [6, 6.07) is 11.8. The predicted molar refractivity (Wildman–Crippen MR) is 83.4 cm³/mol. The van der Waals surface area contributed by atoms with Gasteiger partial charge in [0, 0.05) is 6.04 Å². The van der Waals surface area contributed by atoms with Gasteiger partial charge in [-0.25, -0.2) is 0 Å². The van der Waals surface area contributed by atoms with Gasteiger partial charge in [0.1, 0.15) is 0 Å². The molecule has 1 heteroatoms. The molecule has 0 aromatic heterocycles. The van der Waals surface area contributed by atoms with E-state index in [2.05, 4.69) is 70.4 Å². The lowest BCUT2D eigenvalue weighted by Gasteiger charge is -2.63. The van der Waals surface area contributed by atoms with Crippen LogP contribution in [0.3, 0.4) is 0 Å². The van der Waals surface area contributed by atoms with Crippen molar-refractivity contribution in [1.82, 2.24) is 5.32 Å². The van der Waals surface area contributed by atoms with Crippen LogP contribution in [0.4, 0.5) is 0 Å². The summed E-state index contributed by atoms with van der Waals surface area (Å²) in [5.74, 6) is 2.20. The molecule has 1 saturated carbocycles. The van der Waals surface area contributed by atoms with Gasteiger partial charge in [0.05, 0.1) is 0 Å². The molecule has 1 aliphatic carbocycles. The summed E-state index contributed by atoms with van der Waals surface area (Å²) in [5, 5.41) is 3.63. The van der Waals surface area contributed by atoms with Crippen molar-refractivity contribution in [1.29, 1.82) is 0 Å². The van der Waals surface area contributed by atoms with Crippen molar-refractivity contribution in [3.05, 3.63) is 35.9 Å². The van der Waals surface area contributed by atoms with Crippen molar-refractivity contribution in [2.45, 2.75) is 52.5 Å². The van der Waals surface area contributed by atoms with Gasteiger partial charge in [-0.1, -0.05) is 58.0 Å². The summed E-state index contributed by atoms with van der Waals surface area (Å²) < 4.78 is 0. The average molecular weight is 259 g/mol. The molecule has 0 bridgehead atoms. The van der Waals surface area contributed by atoms with Gasteiger partial charge in [-0.05, 0) is 48.6 Å². The Morgan fingerprint density at radius 2 is 1.68 bits per heavy atom. The lowest BCUT2D eigenvalue weighted by molar-refractivity contribution is -0.0673. The topological polar surface area (TPSA) is 12.0 Å². The molecule has 0 saturated heterocycles. The van der Waals surface area contributed by atoms with Gasteiger partial charge in [-0.3, -0.25) is 0 Å². The quantitative estimate of drug-likeness (QED) is 0.823. The second-order valence-corrected chi connectivity index (χ2v) is 6.42. The van der Waals surface area contributed by atoms with E-state index in [1.807, 2.05) is 0 Å². The Kier molecular flexibility index (Phi) is 4.35. The minimum atomic E-state index is 0.436. The number of hydrogen-bond donors (Lipinski definition) is 1. The van der Waals surface area contributed by atoms with Crippen molar-refractivity contribution >= 4 is 0 Å². The average Bonchev–Trinajstić information content (AvgIpc) is 2.40. The minimum Gasteiger partial charge on any atom is -0.316 e. The van der Waals surface area contributed by atoms with Crippen LogP contribution in [0, 0.1) is 17.3 Å². The first kappa shape index (κ1) is 14.6. The molecule has 1 nitrogen and oxygen atoms in total. The van der Waals surface area contributed by atoms with Crippen LogP contribution in [-0.4, -0.2) is 13.1 Å². The van der Waals surface area contributed by atoms with E-state index in [-0.39, 0.29) is 0 Å². The zero-order valence-corrected chi connectivity index (χ0v) is 13.1. The number of benzene rings is 1. The van der Waals surface area contributed by atoms with E-state index in [1.165, 1.54) is 18.4 Å². The molecule has 2 rings (SSSR count). The fourth-order valence-electron chi connectivity index (χ4n) is 4.63. The molecule has 1 aliphatic rings. The highest BCUT2D eigenvalue weighted by molar-refractivity contribution is 5.31. The van der Waals surface area contributed by atoms with Gasteiger partial charge in [-0.2, -0.15) is 0 Å². The second-order valence-electron chi connectivity index (χ2n) is 6.42. The number of hydrogen-bond acceptors (Lipinski definition) is 1. The zero-order chi connectivity index (χ0) is 14.0. The molecule has 0 spiro atoms. The van der Waals surface area contributed by atoms with Crippen molar-refractivity contribution in [2.75, 3.05) is 7.05 Å². The Hall–Kier alpha value is -0.820.